The number of halogens is 4. The summed E-state index contributed by atoms with van der Waals surface area (Å²) >= 11 is 5.99. The normalized spacial score (nSPS) is 18.8. The van der Waals surface area contributed by atoms with Crippen LogP contribution < -0.4 is 5.32 Å². The van der Waals surface area contributed by atoms with Crippen molar-refractivity contribution in [1.29, 1.82) is 0 Å². The average Bonchev–Trinajstić information content (AvgIpc) is 3.03. The van der Waals surface area contributed by atoms with Gasteiger partial charge in [-0.2, -0.15) is 18.3 Å². The standard InChI is InChI=1S/C22H23ClF3N3O2/c1-3-12-31-21(2)14-29(28-20(21)15-4-8-17(23)9-5-15)13-19(30)27-18-10-6-16(7-11-18)22(24,25)26/h4-11H,3,12-14H2,1-2H3,(H,27,30). The summed E-state index contributed by atoms with van der Waals surface area (Å²) in [6.45, 7) is 4.76. The third kappa shape index (κ3) is 5.77. The molecule has 2 aromatic rings. The first kappa shape index (κ1) is 23.1. The van der Waals surface area contributed by atoms with Gasteiger partial charge in [-0.05, 0) is 49.7 Å². The van der Waals surface area contributed by atoms with Gasteiger partial charge >= 0.3 is 6.18 Å². The smallest absolute Gasteiger partial charge is 0.367 e. The van der Waals surface area contributed by atoms with E-state index >= 15 is 0 Å². The van der Waals surface area contributed by atoms with E-state index in [0.717, 1.165) is 24.1 Å². The maximum Gasteiger partial charge on any atom is 0.416 e. The molecule has 0 fully saturated rings. The largest absolute Gasteiger partial charge is 0.416 e. The number of nitrogens with one attached hydrogen (secondary N) is 1. The minimum atomic E-state index is -4.42. The Kier molecular flexibility index (Phi) is 6.91. The SMILES string of the molecule is CCCOC1(C)CN(CC(=O)Nc2ccc(C(F)(F)F)cc2)N=C1c1ccc(Cl)cc1. The van der Waals surface area contributed by atoms with E-state index in [1.165, 1.54) is 12.1 Å². The van der Waals surface area contributed by atoms with Crippen molar-refractivity contribution in [3.05, 3.63) is 64.7 Å². The summed E-state index contributed by atoms with van der Waals surface area (Å²) in [6.07, 6.45) is -3.59. The van der Waals surface area contributed by atoms with Gasteiger partial charge < -0.3 is 10.1 Å². The molecule has 9 heteroatoms. The molecule has 0 bridgehead atoms. The van der Waals surface area contributed by atoms with Crippen LogP contribution in [0.4, 0.5) is 18.9 Å². The maximum absolute atomic E-state index is 12.7. The minimum absolute atomic E-state index is 0.0663. The topological polar surface area (TPSA) is 53.9 Å². The van der Waals surface area contributed by atoms with E-state index in [1.807, 2.05) is 26.0 Å². The Hall–Kier alpha value is -2.58. The van der Waals surface area contributed by atoms with Gasteiger partial charge in [0.25, 0.3) is 0 Å². The van der Waals surface area contributed by atoms with Gasteiger partial charge in [-0.3, -0.25) is 9.80 Å². The Labute approximate surface area is 183 Å². The molecule has 0 aliphatic carbocycles. The molecule has 0 saturated carbocycles. The highest BCUT2D eigenvalue weighted by Gasteiger charge is 2.40. The van der Waals surface area contributed by atoms with Crippen LogP contribution in [0.2, 0.25) is 5.02 Å². The fourth-order valence-corrected chi connectivity index (χ4v) is 3.44. The number of nitrogens with zero attached hydrogens (tertiary/aromatic N) is 2. The summed E-state index contributed by atoms with van der Waals surface area (Å²) < 4.78 is 44.1. The van der Waals surface area contributed by atoms with Crippen LogP contribution in [0.25, 0.3) is 0 Å². The first-order valence-electron chi connectivity index (χ1n) is 9.82. The monoisotopic (exact) mass is 453 g/mol. The minimum Gasteiger partial charge on any atom is -0.367 e. The lowest BCUT2D eigenvalue weighted by atomic mass is 9.94. The van der Waals surface area contributed by atoms with Crippen molar-refractivity contribution >= 4 is 28.9 Å². The first-order valence-corrected chi connectivity index (χ1v) is 10.2. The lowest BCUT2D eigenvalue weighted by molar-refractivity contribution is -0.137. The number of carbonyl (C=O) groups excluding carboxylic acids is 1. The van der Waals surface area contributed by atoms with Gasteiger partial charge in [0.2, 0.25) is 5.91 Å². The lowest BCUT2D eigenvalue weighted by Gasteiger charge is -2.27. The van der Waals surface area contributed by atoms with Crippen molar-refractivity contribution < 1.29 is 22.7 Å². The maximum atomic E-state index is 12.7. The van der Waals surface area contributed by atoms with Crippen molar-refractivity contribution in [3.8, 4) is 0 Å². The van der Waals surface area contributed by atoms with Crippen LogP contribution in [0.15, 0.2) is 53.6 Å². The van der Waals surface area contributed by atoms with E-state index in [4.69, 9.17) is 16.3 Å². The van der Waals surface area contributed by atoms with Gasteiger partial charge in [0.15, 0.2) is 0 Å². The van der Waals surface area contributed by atoms with Crippen LogP contribution in [-0.4, -0.2) is 41.9 Å². The molecule has 31 heavy (non-hydrogen) atoms. The van der Waals surface area contributed by atoms with Gasteiger partial charge in [-0.15, -0.1) is 0 Å². The van der Waals surface area contributed by atoms with Crippen molar-refractivity contribution in [3.63, 3.8) is 0 Å². The molecule has 1 heterocycles. The zero-order valence-corrected chi connectivity index (χ0v) is 17.9. The number of benzene rings is 2. The van der Waals surface area contributed by atoms with Gasteiger partial charge in [0.1, 0.15) is 17.9 Å². The quantitative estimate of drug-likeness (QED) is 0.626. The molecule has 1 amide bonds. The summed E-state index contributed by atoms with van der Waals surface area (Å²) in [5, 5.41) is 9.40. The Morgan fingerprint density at radius 3 is 2.42 bits per heavy atom. The van der Waals surface area contributed by atoms with E-state index < -0.39 is 23.2 Å². The fraction of sp³-hybridized carbons (Fsp3) is 0.364. The van der Waals surface area contributed by atoms with Gasteiger partial charge in [-0.1, -0.05) is 30.7 Å². The summed E-state index contributed by atoms with van der Waals surface area (Å²) in [5.74, 6) is -0.390. The lowest BCUT2D eigenvalue weighted by Crippen LogP contribution is -2.42. The molecule has 0 spiro atoms. The number of hydrogen-bond donors (Lipinski definition) is 1. The summed E-state index contributed by atoms with van der Waals surface area (Å²) in [7, 11) is 0. The number of carbonyl (C=O) groups is 1. The summed E-state index contributed by atoms with van der Waals surface area (Å²) in [6, 6.07) is 11.5. The second-order valence-corrected chi connectivity index (χ2v) is 7.92. The number of alkyl halides is 3. The predicted molar refractivity (Wildman–Crippen MR) is 114 cm³/mol. The first-order chi connectivity index (χ1) is 14.6. The third-order valence-electron chi connectivity index (χ3n) is 4.79. The molecule has 3 rings (SSSR count). The number of hydrazone groups is 1. The molecular formula is C22H23ClF3N3O2. The zero-order chi connectivity index (χ0) is 22.6. The predicted octanol–water partition coefficient (Wildman–Crippen LogP) is 5.20. The molecule has 0 saturated heterocycles. The molecule has 5 nitrogen and oxygen atoms in total. The van der Waals surface area contributed by atoms with Crippen LogP contribution in [0.3, 0.4) is 0 Å². The van der Waals surface area contributed by atoms with Gasteiger partial charge in [0, 0.05) is 22.9 Å². The Bertz CT molecular complexity index is 946. The summed E-state index contributed by atoms with van der Waals surface area (Å²) in [4.78, 5) is 12.5. The van der Waals surface area contributed by atoms with Gasteiger partial charge in [-0.25, -0.2) is 0 Å². The molecule has 0 radical (unpaired) electrons. The Morgan fingerprint density at radius 2 is 1.84 bits per heavy atom. The van der Waals surface area contributed by atoms with Crippen molar-refractivity contribution in [2.45, 2.75) is 32.0 Å². The van der Waals surface area contributed by atoms with Crippen LogP contribution >= 0.6 is 11.6 Å². The number of ether oxygens (including phenoxy) is 1. The van der Waals surface area contributed by atoms with Crippen LogP contribution in [-0.2, 0) is 15.7 Å². The number of amides is 1. The van der Waals surface area contributed by atoms with Crippen LogP contribution in [0.5, 0.6) is 0 Å². The zero-order valence-electron chi connectivity index (χ0n) is 17.2. The molecule has 1 N–H and O–H groups in total. The average molecular weight is 454 g/mol. The van der Waals surface area contributed by atoms with Crippen LogP contribution in [0, 0.1) is 0 Å². The Morgan fingerprint density at radius 1 is 1.19 bits per heavy atom. The van der Waals surface area contributed by atoms with Crippen LogP contribution in [0.1, 0.15) is 31.4 Å². The molecule has 1 unspecified atom stereocenters. The van der Waals surface area contributed by atoms with Crippen molar-refractivity contribution in [2.24, 2.45) is 5.10 Å². The Balaban J connectivity index is 1.71. The molecule has 1 aliphatic rings. The second-order valence-electron chi connectivity index (χ2n) is 7.48. The highest BCUT2D eigenvalue weighted by Crippen LogP contribution is 2.30. The van der Waals surface area contributed by atoms with E-state index in [9.17, 15) is 18.0 Å². The molecule has 2 aromatic carbocycles. The van der Waals surface area contributed by atoms with E-state index in [2.05, 4.69) is 10.4 Å². The number of hydrogen-bond acceptors (Lipinski definition) is 4. The van der Waals surface area contributed by atoms with E-state index in [1.54, 1.807) is 17.1 Å². The van der Waals surface area contributed by atoms with E-state index in [0.29, 0.717) is 23.9 Å². The highest BCUT2D eigenvalue weighted by atomic mass is 35.5. The fourth-order valence-electron chi connectivity index (χ4n) is 3.32. The molecule has 1 aliphatic heterocycles. The van der Waals surface area contributed by atoms with Crippen molar-refractivity contribution in [2.75, 3.05) is 25.0 Å². The highest BCUT2D eigenvalue weighted by molar-refractivity contribution is 6.30. The number of rotatable bonds is 7. The molecule has 166 valence electrons. The van der Waals surface area contributed by atoms with Crippen molar-refractivity contribution in [1.82, 2.24) is 5.01 Å². The molecule has 1 atom stereocenters. The van der Waals surface area contributed by atoms with Gasteiger partial charge in [0.05, 0.1) is 12.1 Å². The number of anilines is 1. The second kappa shape index (κ2) is 9.28. The summed E-state index contributed by atoms with van der Waals surface area (Å²) in [5.41, 5.74) is 0.335. The third-order valence-corrected chi connectivity index (χ3v) is 5.04. The molecule has 0 aromatic heterocycles. The molecular weight excluding hydrogens is 431 g/mol. The van der Waals surface area contributed by atoms with E-state index in [-0.39, 0.29) is 12.2 Å².